The molecule has 1 aromatic heterocycles. The largest absolute Gasteiger partial charge is 0.370 e. The molecule has 0 atom stereocenters. The predicted molar refractivity (Wildman–Crippen MR) is 90.8 cm³/mol. The molecule has 22 heavy (non-hydrogen) atoms. The number of nitrogens with one attached hydrogen (secondary N) is 1. The highest BCUT2D eigenvalue weighted by Gasteiger charge is 2.11. The van der Waals surface area contributed by atoms with Crippen LogP contribution in [0.1, 0.15) is 36.4 Å². The molecule has 3 N–H and O–H groups in total. The van der Waals surface area contributed by atoms with E-state index in [1.165, 1.54) is 5.56 Å². The van der Waals surface area contributed by atoms with Gasteiger partial charge in [0.05, 0.1) is 18.8 Å². The van der Waals surface area contributed by atoms with Gasteiger partial charge in [-0.2, -0.15) is 5.10 Å². The number of nitrogens with zero attached hydrogens (tertiary/aromatic N) is 3. The summed E-state index contributed by atoms with van der Waals surface area (Å²) in [5.74, 6) is 0.476. The molecular formula is C17H25N5. The topological polar surface area (TPSA) is 68.2 Å². The second-order valence-electron chi connectivity index (χ2n) is 5.79. The lowest BCUT2D eigenvalue weighted by Crippen LogP contribution is -2.36. The summed E-state index contributed by atoms with van der Waals surface area (Å²) in [5.41, 5.74) is 10.4. The van der Waals surface area contributed by atoms with Crippen LogP contribution in [0.25, 0.3) is 0 Å². The number of benzene rings is 1. The van der Waals surface area contributed by atoms with Crippen molar-refractivity contribution in [2.75, 3.05) is 0 Å². The number of aliphatic imine (C=N–C) groups is 1. The lowest BCUT2D eigenvalue weighted by Gasteiger charge is -2.08. The van der Waals surface area contributed by atoms with E-state index in [0.717, 1.165) is 23.5 Å². The molecule has 118 valence electrons. The molecule has 0 aliphatic rings. The zero-order valence-corrected chi connectivity index (χ0v) is 13.8. The maximum atomic E-state index is 5.86. The first-order valence-corrected chi connectivity index (χ1v) is 7.60. The van der Waals surface area contributed by atoms with Gasteiger partial charge in [-0.05, 0) is 33.3 Å². The van der Waals surface area contributed by atoms with E-state index in [0.29, 0.717) is 12.5 Å². The first-order chi connectivity index (χ1) is 10.5. The number of aromatic nitrogens is 2. The van der Waals surface area contributed by atoms with Gasteiger partial charge in [0, 0.05) is 17.3 Å². The number of guanidine groups is 1. The van der Waals surface area contributed by atoms with E-state index < -0.39 is 0 Å². The Bertz CT molecular complexity index is 641. The van der Waals surface area contributed by atoms with E-state index in [9.17, 15) is 0 Å². The second-order valence-corrected chi connectivity index (χ2v) is 5.79. The van der Waals surface area contributed by atoms with E-state index in [4.69, 9.17) is 5.73 Å². The number of aryl methyl sites for hydroxylation is 1. The molecule has 5 nitrogen and oxygen atoms in total. The number of nitrogens with two attached hydrogens (primary N) is 1. The molecule has 0 spiro atoms. The Morgan fingerprint density at radius 1 is 1.27 bits per heavy atom. The predicted octanol–water partition coefficient (Wildman–Crippen LogP) is 2.36. The Hall–Kier alpha value is -2.30. The number of hydrogen-bond donors (Lipinski definition) is 2. The van der Waals surface area contributed by atoms with Gasteiger partial charge >= 0.3 is 0 Å². The maximum Gasteiger partial charge on any atom is 0.189 e. The van der Waals surface area contributed by atoms with Crippen molar-refractivity contribution in [3.63, 3.8) is 0 Å². The van der Waals surface area contributed by atoms with Gasteiger partial charge in [-0.3, -0.25) is 4.68 Å². The zero-order valence-electron chi connectivity index (χ0n) is 13.8. The molecule has 0 saturated heterocycles. The van der Waals surface area contributed by atoms with Crippen LogP contribution in [-0.2, 0) is 13.1 Å². The van der Waals surface area contributed by atoms with Crippen molar-refractivity contribution < 1.29 is 0 Å². The third-order valence-electron chi connectivity index (χ3n) is 3.55. The summed E-state index contributed by atoms with van der Waals surface area (Å²) in [6.45, 7) is 9.51. The van der Waals surface area contributed by atoms with Gasteiger partial charge in [0.25, 0.3) is 0 Å². The molecule has 0 bridgehead atoms. The van der Waals surface area contributed by atoms with Crippen LogP contribution in [0.15, 0.2) is 35.3 Å². The van der Waals surface area contributed by atoms with Crippen molar-refractivity contribution in [2.45, 2.75) is 46.8 Å². The molecule has 0 unspecified atom stereocenters. The Kier molecular flexibility index (Phi) is 5.20. The normalized spacial score (nSPS) is 12.0. The molecule has 0 aliphatic heterocycles. The standard InChI is InChI=1S/C17H25N5/c1-12(2)20-17(18)19-10-16-13(3)21-22(14(16)4)11-15-8-6-5-7-9-15/h5-9,12H,10-11H2,1-4H3,(H3,18,19,20). The van der Waals surface area contributed by atoms with E-state index in [-0.39, 0.29) is 6.04 Å². The van der Waals surface area contributed by atoms with Gasteiger partial charge in [0.1, 0.15) is 0 Å². The highest BCUT2D eigenvalue weighted by molar-refractivity contribution is 5.78. The molecule has 0 saturated carbocycles. The first-order valence-electron chi connectivity index (χ1n) is 7.60. The molecule has 0 radical (unpaired) electrons. The zero-order chi connectivity index (χ0) is 16.1. The van der Waals surface area contributed by atoms with Crippen LogP contribution in [0.2, 0.25) is 0 Å². The van der Waals surface area contributed by atoms with Crippen LogP contribution in [-0.4, -0.2) is 21.8 Å². The minimum absolute atomic E-state index is 0.284. The molecule has 2 aromatic rings. The third kappa shape index (κ3) is 4.10. The van der Waals surface area contributed by atoms with Gasteiger partial charge in [0.15, 0.2) is 5.96 Å². The Morgan fingerprint density at radius 2 is 1.95 bits per heavy atom. The molecule has 0 aliphatic carbocycles. The molecule has 5 heteroatoms. The number of hydrogen-bond acceptors (Lipinski definition) is 2. The Balaban J connectivity index is 2.13. The van der Waals surface area contributed by atoms with Gasteiger partial charge in [-0.25, -0.2) is 4.99 Å². The second kappa shape index (κ2) is 7.11. The van der Waals surface area contributed by atoms with Crippen molar-refractivity contribution in [3.05, 3.63) is 52.8 Å². The van der Waals surface area contributed by atoms with Crippen molar-refractivity contribution >= 4 is 5.96 Å². The average molecular weight is 299 g/mol. The maximum absolute atomic E-state index is 5.86. The fraction of sp³-hybridized carbons (Fsp3) is 0.412. The quantitative estimate of drug-likeness (QED) is 0.658. The lowest BCUT2D eigenvalue weighted by molar-refractivity contribution is 0.658. The fourth-order valence-corrected chi connectivity index (χ4v) is 2.38. The van der Waals surface area contributed by atoms with Gasteiger partial charge < -0.3 is 11.1 Å². The summed E-state index contributed by atoms with van der Waals surface area (Å²) < 4.78 is 2.03. The fourth-order valence-electron chi connectivity index (χ4n) is 2.38. The monoisotopic (exact) mass is 299 g/mol. The highest BCUT2D eigenvalue weighted by Crippen LogP contribution is 2.15. The number of rotatable bonds is 5. The molecule has 2 rings (SSSR count). The Labute approximate surface area is 132 Å². The van der Waals surface area contributed by atoms with E-state index >= 15 is 0 Å². The summed E-state index contributed by atoms with van der Waals surface area (Å²) in [6, 6.07) is 10.6. The average Bonchev–Trinajstić information content (AvgIpc) is 2.72. The van der Waals surface area contributed by atoms with Crippen molar-refractivity contribution in [3.8, 4) is 0 Å². The van der Waals surface area contributed by atoms with Crippen LogP contribution in [0.3, 0.4) is 0 Å². The van der Waals surface area contributed by atoms with Gasteiger partial charge in [-0.15, -0.1) is 0 Å². The summed E-state index contributed by atoms with van der Waals surface area (Å²) >= 11 is 0. The summed E-state index contributed by atoms with van der Waals surface area (Å²) in [4.78, 5) is 4.41. The van der Waals surface area contributed by atoms with E-state index in [1.807, 2.05) is 43.7 Å². The molecule has 0 fully saturated rings. The van der Waals surface area contributed by atoms with Gasteiger partial charge in [0.2, 0.25) is 0 Å². The van der Waals surface area contributed by atoms with Crippen molar-refractivity contribution in [2.24, 2.45) is 10.7 Å². The van der Waals surface area contributed by atoms with Crippen LogP contribution in [0.5, 0.6) is 0 Å². The lowest BCUT2D eigenvalue weighted by atomic mass is 10.2. The molecular weight excluding hydrogens is 274 g/mol. The smallest absolute Gasteiger partial charge is 0.189 e. The molecule has 0 amide bonds. The molecule has 1 aromatic carbocycles. The van der Waals surface area contributed by atoms with E-state index in [2.05, 4.69) is 34.5 Å². The minimum Gasteiger partial charge on any atom is -0.370 e. The van der Waals surface area contributed by atoms with E-state index in [1.54, 1.807) is 0 Å². The molecule has 1 heterocycles. The summed E-state index contributed by atoms with van der Waals surface area (Å²) in [7, 11) is 0. The first kappa shape index (κ1) is 16.1. The summed E-state index contributed by atoms with van der Waals surface area (Å²) in [6.07, 6.45) is 0. The SMILES string of the molecule is Cc1nn(Cc2ccccc2)c(C)c1CN=C(N)NC(C)C. The van der Waals surface area contributed by atoms with Gasteiger partial charge in [-0.1, -0.05) is 30.3 Å². The van der Waals surface area contributed by atoms with Crippen LogP contribution < -0.4 is 11.1 Å². The highest BCUT2D eigenvalue weighted by atomic mass is 15.3. The van der Waals surface area contributed by atoms with Crippen molar-refractivity contribution in [1.82, 2.24) is 15.1 Å². The van der Waals surface area contributed by atoms with Crippen LogP contribution >= 0.6 is 0 Å². The third-order valence-corrected chi connectivity index (χ3v) is 3.55. The Morgan fingerprint density at radius 3 is 2.59 bits per heavy atom. The minimum atomic E-state index is 0.284. The van der Waals surface area contributed by atoms with Crippen LogP contribution in [0.4, 0.5) is 0 Å². The summed E-state index contributed by atoms with van der Waals surface area (Å²) in [5, 5.41) is 7.73. The van der Waals surface area contributed by atoms with Crippen LogP contribution in [0, 0.1) is 13.8 Å². The van der Waals surface area contributed by atoms with Crippen molar-refractivity contribution in [1.29, 1.82) is 0 Å².